The molecule has 23 heavy (non-hydrogen) atoms. The monoisotopic (exact) mass is 329 g/mol. The number of benzene rings is 1. The minimum absolute atomic E-state index is 0.153. The first-order valence-corrected chi connectivity index (χ1v) is 8.99. The van der Waals surface area contributed by atoms with Crippen molar-refractivity contribution in [2.24, 2.45) is 0 Å². The normalized spacial score (nSPS) is 16.3. The minimum atomic E-state index is 0.153. The van der Waals surface area contributed by atoms with Crippen molar-refractivity contribution in [2.75, 3.05) is 26.2 Å². The van der Waals surface area contributed by atoms with Crippen LogP contribution in [0.5, 0.6) is 0 Å². The van der Waals surface area contributed by atoms with Crippen LogP contribution in [0.4, 0.5) is 0 Å². The molecule has 0 N–H and O–H groups in total. The lowest BCUT2D eigenvalue weighted by Gasteiger charge is -2.21. The van der Waals surface area contributed by atoms with Crippen LogP contribution in [0, 0.1) is 13.8 Å². The van der Waals surface area contributed by atoms with Gasteiger partial charge in [0.1, 0.15) is 0 Å². The molecule has 1 aromatic carbocycles. The number of nitrogens with zero attached hydrogens (tertiary/aromatic N) is 3. The number of aromatic nitrogens is 1. The Balaban J connectivity index is 1.60. The van der Waals surface area contributed by atoms with Crippen LogP contribution in [-0.2, 0) is 6.54 Å². The van der Waals surface area contributed by atoms with E-state index in [4.69, 9.17) is 0 Å². The molecule has 0 bridgehead atoms. The SMILES string of the molecule is Cc1cccc(C(=O)N2CCCN(Cc3csc(C)n3)CC2)c1. The van der Waals surface area contributed by atoms with Gasteiger partial charge in [0.05, 0.1) is 10.7 Å². The van der Waals surface area contributed by atoms with E-state index >= 15 is 0 Å². The lowest BCUT2D eigenvalue weighted by atomic mass is 10.1. The fourth-order valence-corrected chi connectivity index (χ4v) is 3.61. The molecule has 3 rings (SSSR count). The van der Waals surface area contributed by atoms with Crippen molar-refractivity contribution in [1.29, 1.82) is 0 Å². The first-order chi connectivity index (χ1) is 11.1. The fraction of sp³-hybridized carbons (Fsp3) is 0.444. The Morgan fingerprint density at radius 2 is 2.09 bits per heavy atom. The zero-order valence-corrected chi connectivity index (χ0v) is 14.6. The van der Waals surface area contributed by atoms with Crippen molar-refractivity contribution >= 4 is 17.2 Å². The molecule has 5 heteroatoms. The fourth-order valence-electron chi connectivity index (χ4n) is 3.00. The maximum Gasteiger partial charge on any atom is 0.253 e. The topological polar surface area (TPSA) is 36.4 Å². The van der Waals surface area contributed by atoms with Gasteiger partial charge in [-0.2, -0.15) is 0 Å². The zero-order chi connectivity index (χ0) is 16.2. The highest BCUT2D eigenvalue weighted by molar-refractivity contribution is 7.09. The zero-order valence-electron chi connectivity index (χ0n) is 13.8. The molecule has 1 aliphatic rings. The number of hydrogen-bond acceptors (Lipinski definition) is 4. The van der Waals surface area contributed by atoms with E-state index in [1.807, 2.05) is 43.0 Å². The maximum absolute atomic E-state index is 12.7. The van der Waals surface area contributed by atoms with Gasteiger partial charge in [-0.15, -0.1) is 11.3 Å². The average molecular weight is 329 g/mol. The van der Waals surface area contributed by atoms with Crippen molar-refractivity contribution in [3.8, 4) is 0 Å². The summed E-state index contributed by atoms with van der Waals surface area (Å²) >= 11 is 1.70. The van der Waals surface area contributed by atoms with E-state index in [1.54, 1.807) is 11.3 Å². The number of carbonyl (C=O) groups excluding carboxylic acids is 1. The molecular formula is C18H23N3OS. The van der Waals surface area contributed by atoms with Gasteiger partial charge in [0.2, 0.25) is 0 Å². The maximum atomic E-state index is 12.7. The molecule has 0 radical (unpaired) electrons. The molecule has 1 saturated heterocycles. The van der Waals surface area contributed by atoms with Gasteiger partial charge < -0.3 is 4.90 Å². The summed E-state index contributed by atoms with van der Waals surface area (Å²) in [7, 11) is 0. The van der Waals surface area contributed by atoms with Gasteiger partial charge in [0.25, 0.3) is 5.91 Å². The smallest absolute Gasteiger partial charge is 0.253 e. The average Bonchev–Trinajstić information content (AvgIpc) is 2.80. The van der Waals surface area contributed by atoms with Gasteiger partial charge in [-0.1, -0.05) is 17.7 Å². The molecule has 4 nitrogen and oxygen atoms in total. The number of thiazole rings is 1. The molecular weight excluding hydrogens is 306 g/mol. The standard InChI is InChI=1S/C18H23N3OS/c1-14-5-3-6-16(11-14)18(22)21-8-4-7-20(9-10-21)12-17-13-23-15(2)19-17/h3,5-6,11,13H,4,7-10,12H2,1-2H3. The minimum Gasteiger partial charge on any atom is -0.337 e. The van der Waals surface area contributed by atoms with E-state index in [0.29, 0.717) is 0 Å². The highest BCUT2D eigenvalue weighted by Crippen LogP contribution is 2.14. The van der Waals surface area contributed by atoms with Crippen molar-refractivity contribution in [1.82, 2.24) is 14.8 Å². The summed E-state index contributed by atoms with van der Waals surface area (Å²) < 4.78 is 0. The molecule has 1 aromatic heterocycles. The van der Waals surface area contributed by atoms with Gasteiger partial charge in [-0.3, -0.25) is 9.69 Å². The molecule has 2 heterocycles. The summed E-state index contributed by atoms with van der Waals surface area (Å²) in [5.74, 6) is 0.153. The molecule has 1 aliphatic heterocycles. The van der Waals surface area contributed by atoms with Gasteiger partial charge in [0.15, 0.2) is 0 Å². The summed E-state index contributed by atoms with van der Waals surface area (Å²) in [5.41, 5.74) is 3.07. The summed E-state index contributed by atoms with van der Waals surface area (Å²) in [4.78, 5) is 21.6. The Kier molecular flexibility index (Phi) is 5.08. The molecule has 1 amide bonds. The van der Waals surface area contributed by atoms with Crippen LogP contribution in [0.15, 0.2) is 29.6 Å². The Morgan fingerprint density at radius 1 is 1.22 bits per heavy atom. The van der Waals surface area contributed by atoms with E-state index in [0.717, 1.165) is 61.0 Å². The number of aryl methyl sites for hydroxylation is 2. The van der Waals surface area contributed by atoms with Gasteiger partial charge in [-0.25, -0.2) is 4.98 Å². The van der Waals surface area contributed by atoms with E-state index < -0.39 is 0 Å². The number of carbonyl (C=O) groups is 1. The Bertz CT molecular complexity index is 682. The molecule has 0 spiro atoms. The van der Waals surface area contributed by atoms with Crippen molar-refractivity contribution in [2.45, 2.75) is 26.8 Å². The molecule has 0 saturated carbocycles. The van der Waals surface area contributed by atoms with Crippen LogP contribution in [0.2, 0.25) is 0 Å². The molecule has 0 unspecified atom stereocenters. The van der Waals surface area contributed by atoms with Gasteiger partial charge in [-0.05, 0) is 32.4 Å². The van der Waals surface area contributed by atoms with Crippen LogP contribution >= 0.6 is 11.3 Å². The highest BCUT2D eigenvalue weighted by Gasteiger charge is 2.20. The molecule has 2 aromatic rings. The second kappa shape index (κ2) is 7.23. The lowest BCUT2D eigenvalue weighted by Crippen LogP contribution is -2.35. The van der Waals surface area contributed by atoms with E-state index in [2.05, 4.69) is 15.3 Å². The summed E-state index contributed by atoms with van der Waals surface area (Å²) in [6.07, 6.45) is 1.01. The Labute approximate surface area is 141 Å². The van der Waals surface area contributed by atoms with E-state index in [9.17, 15) is 4.79 Å². The van der Waals surface area contributed by atoms with Gasteiger partial charge in [0, 0.05) is 43.7 Å². The van der Waals surface area contributed by atoms with E-state index in [-0.39, 0.29) is 5.91 Å². The Hall–Kier alpha value is -1.72. The van der Waals surface area contributed by atoms with Crippen molar-refractivity contribution in [3.05, 3.63) is 51.5 Å². The third-order valence-electron chi connectivity index (χ3n) is 4.19. The summed E-state index contributed by atoms with van der Waals surface area (Å²) in [5, 5.41) is 3.25. The largest absolute Gasteiger partial charge is 0.337 e. The number of hydrogen-bond donors (Lipinski definition) is 0. The number of amides is 1. The molecule has 1 fully saturated rings. The first kappa shape index (κ1) is 16.1. The third-order valence-corrected chi connectivity index (χ3v) is 5.02. The van der Waals surface area contributed by atoms with Gasteiger partial charge >= 0.3 is 0 Å². The van der Waals surface area contributed by atoms with E-state index in [1.165, 1.54) is 0 Å². The predicted octanol–water partition coefficient (Wildman–Crippen LogP) is 3.11. The van der Waals surface area contributed by atoms with Crippen LogP contribution in [-0.4, -0.2) is 46.9 Å². The highest BCUT2D eigenvalue weighted by atomic mass is 32.1. The molecule has 0 atom stereocenters. The first-order valence-electron chi connectivity index (χ1n) is 8.11. The third kappa shape index (κ3) is 4.18. The van der Waals surface area contributed by atoms with Crippen molar-refractivity contribution in [3.63, 3.8) is 0 Å². The Morgan fingerprint density at radius 3 is 2.83 bits per heavy atom. The van der Waals surface area contributed by atoms with Crippen LogP contribution in [0.1, 0.15) is 33.0 Å². The predicted molar refractivity (Wildman–Crippen MR) is 93.8 cm³/mol. The quantitative estimate of drug-likeness (QED) is 0.868. The lowest BCUT2D eigenvalue weighted by molar-refractivity contribution is 0.0761. The molecule has 122 valence electrons. The van der Waals surface area contributed by atoms with Crippen LogP contribution in [0.3, 0.4) is 0 Å². The second-order valence-corrected chi connectivity index (χ2v) is 7.21. The second-order valence-electron chi connectivity index (χ2n) is 6.15. The summed E-state index contributed by atoms with van der Waals surface area (Å²) in [6.45, 7) is 8.50. The summed E-state index contributed by atoms with van der Waals surface area (Å²) in [6, 6.07) is 7.87. The van der Waals surface area contributed by atoms with Crippen LogP contribution in [0.25, 0.3) is 0 Å². The van der Waals surface area contributed by atoms with Crippen LogP contribution < -0.4 is 0 Å². The van der Waals surface area contributed by atoms with Crippen molar-refractivity contribution < 1.29 is 4.79 Å². The number of rotatable bonds is 3. The molecule has 0 aliphatic carbocycles.